The Labute approximate surface area is 374 Å². The van der Waals surface area contributed by atoms with Crippen molar-refractivity contribution in [3.63, 3.8) is 0 Å². The van der Waals surface area contributed by atoms with Gasteiger partial charge in [-0.25, -0.2) is 0 Å². The maximum Gasteiger partial charge on any atom is 0.306 e. The SMILES string of the molecule is CCCCCCCCCCSSCCCCCCCN(CCCCCCCC(=O)OC(CCCCCCCC)CCCCCCCC)CCCNC1=C(NC)C(O)C1=O. The van der Waals surface area contributed by atoms with E-state index in [2.05, 4.69) is 57.9 Å². The predicted molar refractivity (Wildman–Crippen MR) is 260 cm³/mol. The van der Waals surface area contributed by atoms with E-state index in [1.54, 1.807) is 7.05 Å². The maximum absolute atomic E-state index is 12.9. The fourth-order valence-electron chi connectivity index (χ4n) is 8.14. The van der Waals surface area contributed by atoms with Crippen LogP contribution in [0.3, 0.4) is 0 Å². The minimum absolute atomic E-state index is 0.0224. The van der Waals surface area contributed by atoms with Gasteiger partial charge in [-0.2, -0.15) is 0 Å². The Morgan fingerprint density at radius 1 is 0.593 bits per heavy atom. The van der Waals surface area contributed by atoms with Crippen molar-refractivity contribution in [2.45, 2.75) is 251 Å². The average Bonchev–Trinajstić information content (AvgIpc) is 3.24. The van der Waals surface area contributed by atoms with Gasteiger partial charge in [0.25, 0.3) is 0 Å². The third-order valence-electron chi connectivity index (χ3n) is 12.0. The van der Waals surface area contributed by atoms with Crippen LogP contribution in [0, 0.1) is 0 Å². The van der Waals surface area contributed by atoms with Crippen molar-refractivity contribution in [2.75, 3.05) is 44.7 Å². The maximum atomic E-state index is 12.9. The number of nitrogens with one attached hydrogen (secondary N) is 2. The molecule has 0 radical (unpaired) electrons. The van der Waals surface area contributed by atoms with Gasteiger partial charge in [-0.15, -0.1) is 0 Å². The fraction of sp³-hybridized carbons (Fsp3) is 0.920. The summed E-state index contributed by atoms with van der Waals surface area (Å²) < 4.78 is 6.08. The quantitative estimate of drug-likeness (QED) is 0.0314. The molecule has 9 heteroatoms. The Morgan fingerprint density at radius 3 is 1.47 bits per heavy atom. The molecule has 3 N–H and O–H groups in total. The molecular formula is C50H97N3O4S2. The van der Waals surface area contributed by atoms with Crippen LogP contribution in [-0.4, -0.2) is 78.7 Å². The fourth-order valence-corrected chi connectivity index (χ4v) is 10.4. The molecule has 0 aromatic rings. The van der Waals surface area contributed by atoms with Gasteiger partial charge in [0.2, 0.25) is 5.78 Å². The van der Waals surface area contributed by atoms with E-state index in [0.29, 0.717) is 17.8 Å². The van der Waals surface area contributed by atoms with Crippen molar-refractivity contribution >= 4 is 33.3 Å². The number of aliphatic hydroxyl groups is 1. The van der Waals surface area contributed by atoms with Crippen LogP contribution in [0.2, 0.25) is 0 Å². The Balaban J connectivity index is 2.31. The molecule has 1 aliphatic rings. The highest BCUT2D eigenvalue weighted by atomic mass is 33.1. The van der Waals surface area contributed by atoms with E-state index in [9.17, 15) is 14.7 Å². The lowest BCUT2D eigenvalue weighted by Gasteiger charge is -2.29. The molecule has 0 bridgehead atoms. The van der Waals surface area contributed by atoms with Gasteiger partial charge in [-0.3, -0.25) is 9.59 Å². The van der Waals surface area contributed by atoms with Crippen molar-refractivity contribution in [3.05, 3.63) is 11.4 Å². The van der Waals surface area contributed by atoms with E-state index in [0.717, 1.165) is 58.3 Å². The molecule has 0 saturated heterocycles. The van der Waals surface area contributed by atoms with Gasteiger partial charge < -0.3 is 25.4 Å². The molecule has 0 amide bonds. The first-order valence-corrected chi connectivity index (χ1v) is 28.0. The lowest BCUT2D eigenvalue weighted by molar-refractivity contribution is -0.150. The van der Waals surface area contributed by atoms with Crippen LogP contribution < -0.4 is 10.6 Å². The molecule has 1 atom stereocenters. The van der Waals surface area contributed by atoms with Gasteiger partial charge >= 0.3 is 5.97 Å². The van der Waals surface area contributed by atoms with Crippen molar-refractivity contribution in [2.24, 2.45) is 0 Å². The number of aliphatic hydroxyl groups excluding tert-OH is 1. The highest BCUT2D eigenvalue weighted by Gasteiger charge is 2.37. The van der Waals surface area contributed by atoms with Gasteiger partial charge in [0.15, 0.2) is 6.10 Å². The Bertz CT molecular complexity index is 983. The highest BCUT2D eigenvalue weighted by Crippen LogP contribution is 2.25. The van der Waals surface area contributed by atoms with E-state index in [1.165, 1.54) is 191 Å². The molecule has 59 heavy (non-hydrogen) atoms. The summed E-state index contributed by atoms with van der Waals surface area (Å²) in [4.78, 5) is 27.6. The van der Waals surface area contributed by atoms with E-state index in [1.807, 2.05) is 0 Å². The monoisotopic (exact) mass is 868 g/mol. The molecule has 0 heterocycles. The number of likely N-dealkylation sites (N-methyl/N-ethyl adjacent to an activating group) is 1. The number of carbonyl (C=O) groups excluding carboxylic acids is 2. The zero-order valence-electron chi connectivity index (χ0n) is 39.4. The molecule has 0 fully saturated rings. The van der Waals surface area contributed by atoms with Gasteiger partial charge in [-0.1, -0.05) is 190 Å². The molecular weight excluding hydrogens is 771 g/mol. The summed E-state index contributed by atoms with van der Waals surface area (Å²) in [5.41, 5.74) is 1.16. The van der Waals surface area contributed by atoms with Gasteiger partial charge in [-0.05, 0) is 83.8 Å². The normalized spacial score (nSPS) is 14.2. The van der Waals surface area contributed by atoms with Crippen LogP contribution in [0.25, 0.3) is 0 Å². The summed E-state index contributed by atoms with van der Waals surface area (Å²) in [6.45, 7) is 10.8. The van der Waals surface area contributed by atoms with Crippen LogP contribution >= 0.6 is 21.6 Å². The second-order valence-electron chi connectivity index (χ2n) is 17.6. The molecule has 0 aliphatic heterocycles. The molecule has 348 valence electrons. The second-order valence-corrected chi connectivity index (χ2v) is 20.3. The first-order valence-electron chi connectivity index (χ1n) is 25.5. The van der Waals surface area contributed by atoms with Crippen molar-refractivity contribution < 1.29 is 19.4 Å². The molecule has 1 rings (SSSR count). The van der Waals surface area contributed by atoms with Gasteiger partial charge in [0.05, 0.1) is 5.70 Å². The molecule has 1 aliphatic carbocycles. The molecule has 7 nitrogen and oxygen atoms in total. The number of hydrogen-bond donors (Lipinski definition) is 3. The van der Waals surface area contributed by atoms with E-state index in [4.69, 9.17) is 4.74 Å². The minimum atomic E-state index is -0.997. The summed E-state index contributed by atoms with van der Waals surface area (Å²) in [6, 6.07) is 0. The smallest absolute Gasteiger partial charge is 0.306 e. The average molecular weight is 868 g/mol. The van der Waals surface area contributed by atoms with Crippen LogP contribution in [0.1, 0.15) is 239 Å². The molecule has 0 aromatic carbocycles. The third kappa shape index (κ3) is 32.4. The van der Waals surface area contributed by atoms with E-state index >= 15 is 0 Å². The zero-order valence-corrected chi connectivity index (χ0v) is 41.0. The molecule has 0 spiro atoms. The minimum Gasteiger partial charge on any atom is -0.462 e. The Morgan fingerprint density at radius 2 is 1.00 bits per heavy atom. The topological polar surface area (TPSA) is 90.9 Å². The first-order chi connectivity index (χ1) is 29.0. The third-order valence-corrected chi connectivity index (χ3v) is 14.6. The number of ketones is 1. The largest absolute Gasteiger partial charge is 0.462 e. The number of carbonyl (C=O) groups is 2. The van der Waals surface area contributed by atoms with Crippen molar-refractivity contribution in [1.29, 1.82) is 0 Å². The molecule has 0 saturated carbocycles. The molecule has 1 unspecified atom stereocenters. The standard InChI is InChI=1S/C50H97N3O4S2/c1-5-8-11-14-17-18-26-33-43-58-59-44-34-27-20-25-32-41-53(42-35-39-52-48-47(51-4)49(55)50(48)56)40-31-24-19-23-30-38-46(54)57-45(36-28-21-15-12-9-6-2)37-29-22-16-13-10-7-3/h45,49,51-52,55H,5-44H2,1-4H3. The van der Waals surface area contributed by atoms with Crippen LogP contribution in [0.15, 0.2) is 11.4 Å². The van der Waals surface area contributed by atoms with Crippen LogP contribution in [0.4, 0.5) is 0 Å². The number of rotatable bonds is 47. The summed E-state index contributed by atoms with van der Waals surface area (Å²) in [7, 11) is 5.92. The summed E-state index contributed by atoms with van der Waals surface area (Å²) in [5.74, 6) is 2.41. The van der Waals surface area contributed by atoms with Crippen LogP contribution in [0.5, 0.6) is 0 Å². The summed E-state index contributed by atoms with van der Waals surface area (Å²) >= 11 is 0. The number of hydrogen-bond acceptors (Lipinski definition) is 9. The summed E-state index contributed by atoms with van der Waals surface area (Å²) in [6.07, 6.45) is 41.5. The first kappa shape index (κ1) is 56.1. The number of unbranched alkanes of at least 4 members (excludes halogenated alkanes) is 25. The Kier molecular flexibility index (Phi) is 40.3. The van der Waals surface area contributed by atoms with Gasteiger partial charge in [0, 0.05) is 31.5 Å². The van der Waals surface area contributed by atoms with Crippen molar-refractivity contribution in [3.8, 4) is 0 Å². The predicted octanol–water partition coefficient (Wildman–Crippen LogP) is 13.9. The zero-order chi connectivity index (χ0) is 42.9. The van der Waals surface area contributed by atoms with E-state index in [-0.39, 0.29) is 17.9 Å². The second kappa shape index (κ2) is 42.4. The number of nitrogens with zero attached hydrogens (tertiary/aromatic N) is 1. The Hall–Kier alpha value is -0.900. The summed E-state index contributed by atoms with van der Waals surface area (Å²) in [5, 5.41) is 16.1. The number of Topliss-reactive ketones (excluding diaryl/α,β-unsaturated/α-hetero) is 1. The molecule has 0 aromatic heterocycles. The lowest BCUT2D eigenvalue weighted by Crippen LogP contribution is -2.47. The highest BCUT2D eigenvalue weighted by molar-refractivity contribution is 8.76. The van der Waals surface area contributed by atoms with Crippen LogP contribution in [-0.2, 0) is 14.3 Å². The lowest BCUT2D eigenvalue weighted by atomic mass is 9.95. The van der Waals surface area contributed by atoms with Gasteiger partial charge in [0.1, 0.15) is 11.8 Å². The number of esters is 1. The van der Waals surface area contributed by atoms with Crippen molar-refractivity contribution in [1.82, 2.24) is 15.5 Å². The van der Waals surface area contributed by atoms with E-state index < -0.39 is 6.10 Å². The number of ether oxygens (including phenoxy) is 1.